The zero-order chi connectivity index (χ0) is 12.3. The molecule has 1 aromatic carbocycles. The second-order valence-electron chi connectivity index (χ2n) is 3.82. The first-order chi connectivity index (χ1) is 8.19. The maximum Gasteiger partial charge on any atom is 0.304 e. The van der Waals surface area contributed by atoms with Gasteiger partial charge >= 0.3 is 5.97 Å². The first-order valence-corrected chi connectivity index (χ1v) is 5.19. The average molecular weight is 233 g/mol. The van der Waals surface area contributed by atoms with Crippen molar-refractivity contribution in [2.45, 2.75) is 12.8 Å². The van der Waals surface area contributed by atoms with Crippen LogP contribution in [0.1, 0.15) is 12.0 Å². The van der Waals surface area contributed by atoms with Gasteiger partial charge in [0, 0.05) is 0 Å². The van der Waals surface area contributed by atoms with E-state index in [9.17, 15) is 4.79 Å². The van der Waals surface area contributed by atoms with Gasteiger partial charge in [-0.3, -0.25) is 4.79 Å². The van der Waals surface area contributed by atoms with Crippen LogP contribution in [0.3, 0.4) is 0 Å². The number of hydrogen-bond donors (Lipinski definition) is 1. The van der Waals surface area contributed by atoms with Gasteiger partial charge in [-0.25, -0.2) is 0 Å². The molecule has 0 saturated heterocycles. The van der Waals surface area contributed by atoms with Crippen LogP contribution in [0.2, 0.25) is 0 Å². The second kappa shape index (κ2) is 4.74. The largest absolute Gasteiger partial charge is 0.481 e. The maximum absolute atomic E-state index is 10.6. The number of fused-ring (bicyclic) bond motifs is 1. The van der Waals surface area contributed by atoms with Crippen molar-refractivity contribution < 1.29 is 19.4 Å². The zero-order valence-corrected chi connectivity index (χ0v) is 9.05. The van der Waals surface area contributed by atoms with E-state index in [1.54, 1.807) is 12.1 Å². The monoisotopic (exact) mass is 233 g/mol. The van der Waals surface area contributed by atoms with E-state index in [-0.39, 0.29) is 13.2 Å². The summed E-state index contributed by atoms with van der Waals surface area (Å²) in [4.78, 5) is 10.6. The minimum atomic E-state index is -0.961. The van der Waals surface area contributed by atoms with Gasteiger partial charge in [0.05, 0.1) is 18.4 Å². The zero-order valence-electron chi connectivity index (χ0n) is 9.05. The Bertz CT molecular complexity index is 478. The van der Waals surface area contributed by atoms with E-state index in [1.165, 1.54) is 0 Å². The van der Waals surface area contributed by atoms with Crippen molar-refractivity contribution in [1.29, 1.82) is 5.26 Å². The van der Waals surface area contributed by atoms with E-state index in [1.807, 2.05) is 12.1 Å². The van der Waals surface area contributed by atoms with Crippen LogP contribution >= 0.6 is 0 Å². The number of nitriles is 1. The molecule has 0 fully saturated rings. The standard InChI is InChI=1S/C12H11NO4/c13-6-9(5-12(14)15)3-8-1-2-10-11(4-8)17-7-16-10/h1-2,4,9H,3,5,7H2,(H,14,15). The molecule has 88 valence electrons. The highest BCUT2D eigenvalue weighted by Gasteiger charge is 2.17. The lowest BCUT2D eigenvalue weighted by molar-refractivity contribution is -0.137. The number of carboxylic acids is 1. The Morgan fingerprint density at radius 1 is 1.47 bits per heavy atom. The van der Waals surface area contributed by atoms with E-state index in [0.29, 0.717) is 17.9 Å². The van der Waals surface area contributed by atoms with Gasteiger partial charge in [-0.2, -0.15) is 5.26 Å². The van der Waals surface area contributed by atoms with Crippen molar-refractivity contribution in [2.75, 3.05) is 6.79 Å². The number of benzene rings is 1. The molecule has 1 aliphatic rings. The summed E-state index contributed by atoms with van der Waals surface area (Å²) in [6, 6.07) is 7.37. The van der Waals surface area contributed by atoms with Gasteiger partial charge in [0.25, 0.3) is 0 Å². The molecule has 5 heteroatoms. The first kappa shape index (κ1) is 11.3. The van der Waals surface area contributed by atoms with Crippen LogP contribution in [-0.2, 0) is 11.2 Å². The van der Waals surface area contributed by atoms with Gasteiger partial charge in [-0.15, -0.1) is 0 Å². The highest BCUT2D eigenvalue weighted by Crippen LogP contribution is 2.33. The van der Waals surface area contributed by atoms with E-state index < -0.39 is 11.9 Å². The smallest absolute Gasteiger partial charge is 0.304 e. The summed E-state index contributed by atoms with van der Waals surface area (Å²) in [6.07, 6.45) is 0.254. The molecule has 0 amide bonds. The molecule has 1 atom stereocenters. The summed E-state index contributed by atoms with van der Waals surface area (Å²) in [6.45, 7) is 0.204. The Balaban J connectivity index is 2.08. The summed E-state index contributed by atoms with van der Waals surface area (Å²) in [7, 11) is 0. The molecule has 0 bridgehead atoms. The maximum atomic E-state index is 10.6. The van der Waals surface area contributed by atoms with Crippen molar-refractivity contribution in [3.8, 4) is 17.6 Å². The van der Waals surface area contributed by atoms with Crippen LogP contribution in [0.15, 0.2) is 18.2 Å². The molecule has 1 N–H and O–H groups in total. The van der Waals surface area contributed by atoms with Gasteiger partial charge < -0.3 is 14.6 Å². The molecule has 5 nitrogen and oxygen atoms in total. The third-order valence-corrected chi connectivity index (χ3v) is 2.52. The number of hydrogen-bond acceptors (Lipinski definition) is 4. The molecule has 1 unspecified atom stereocenters. The molecule has 2 rings (SSSR count). The third kappa shape index (κ3) is 2.67. The number of nitrogens with zero attached hydrogens (tertiary/aromatic N) is 1. The number of rotatable bonds is 4. The van der Waals surface area contributed by atoms with Crippen molar-refractivity contribution in [2.24, 2.45) is 5.92 Å². The number of carboxylic acid groups (broad SMARTS) is 1. The average Bonchev–Trinajstić information content (AvgIpc) is 2.74. The van der Waals surface area contributed by atoms with Crippen LogP contribution in [0.5, 0.6) is 11.5 Å². The fourth-order valence-corrected chi connectivity index (χ4v) is 1.73. The minimum Gasteiger partial charge on any atom is -0.481 e. The topological polar surface area (TPSA) is 79.6 Å². The Hall–Kier alpha value is -2.22. The van der Waals surface area contributed by atoms with Crippen LogP contribution < -0.4 is 9.47 Å². The fraction of sp³-hybridized carbons (Fsp3) is 0.333. The highest BCUT2D eigenvalue weighted by atomic mass is 16.7. The van der Waals surface area contributed by atoms with Crippen molar-refractivity contribution in [1.82, 2.24) is 0 Å². The van der Waals surface area contributed by atoms with Crippen LogP contribution in [0.4, 0.5) is 0 Å². The molecule has 1 aliphatic heterocycles. The van der Waals surface area contributed by atoms with Crippen molar-refractivity contribution in [3.05, 3.63) is 23.8 Å². The quantitative estimate of drug-likeness (QED) is 0.853. The van der Waals surface area contributed by atoms with Gasteiger partial charge in [0.15, 0.2) is 11.5 Å². The molecular weight excluding hydrogens is 222 g/mol. The van der Waals surface area contributed by atoms with Gasteiger partial charge in [-0.1, -0.05) is 6.07 Å². The van der Waals surface area contributed by atoms with E-state index in [2.05, 4.69) is 0 Å². The van der Waals surface area contributed by atoms with E-state index in [0.717, 1.165) is 5.56 Å². The Morgan fingerprint density at radius 3 is 2.94 bits per heavy atom. The summed E-state index contributed by atoms with van der Waals surface area (Å²) >= 11 is 0. The summed E-state index contributed by atoms with van der Waals surface area (Å²) in [5, 5.41) is 17.5. The van der Waals surface area contributed by atoms with Gasteiger partial charge in [0.2, 0.25) is 6.79 Å². The molecular formula is C12H11NO4. The predicted molar refractivity (Wildman–Crippen MR) is 57.6 cm³/mol. The molecule has 0 radical (unpaired) electrons. The molecule has 0 spiro atoms. The molecule has 17 heavy (non-hydrogen) atoms. The van der Waals surface area contributed by atoms with Crippen LogP contribution in [0.25, 0.3) is 0 Å². The molecule has 0 saturated carbocycles. The lowest BCUT2D eigenvalue weighted by Gasteiger charge is -2.06. The third-order valence-electron chi connectivity index (χ3n) is 2.52. The van der Waals surface area contributed by atoms with Gasteiger partial charge in [0.1, 0.15) is 0 Å². The van der Waals surface area contributed by atoms with Crippen molar-refractivity contribution in [3.63, 3.8) is 0 Å². The van der Waals surface area contributed by atoms with Crippen LogP contribution in [-0.4, -0.2) is 17.9 Å². The summed E-state index contributed by atoms with van der Waals surface area (Å²) in [5.41, 5.74) is 0.877. The number of ether oxygens (including phenoxy) is 2. The Labute approximate surface area is 98.2 Å². The second-order valence-corrected chi connectivity index (χ2v) is 3.82. The lowest BCUT2D eigenvalue weighted by atomic mass is 9.97. The first-order valence-electron chi connectivity index (χ1n) is 5.19. The number of carbonyl (C=O) groups is 1. The molecule has 0 aliphatic carbocycles. The minimum absolute atomic E-state index is 0.148. The van der Waals surface area contributed by atoms with Crippen molar-refractivity contribution >= 4 is 5.97 Å². The Morgan fingerprint density at radius 2 is 2.24 bits per heavy atom. The predicted octanol–water partition coefficient (Wildman–Crippen LogP) is 1.57. The lowest BCUT2D eigenvalue weighted by Crippen LogP contribution is -2.08. The SMILES string of the molecule is N#CC(CC(=O)O)Cc1ccc2c(c1)OCO2. The van der Waals surface area contributed by atoms with E-state index >= 15 is 0 Å². The molecule has 1 heterocycles. The summed E-state index contributed by atoms with van der Waals surface area (Å²) in [5.74, 6) is -0.153. The fourth-order valence-electron chi connectivity index (χ4n) is 1.73. The highest BCUT2D eigenvalue weighted by molar-refractivity contribution is 5.67. The van der Waals surface area contributed by atoms with Gasteiger partial charge in [-0.05, 0) is 24.1 Å². The summed E-state index contributed by atoms with van der Waals surface area (Å²) < 4.78 is 10.4. The molecule has 1 aromatic rings. The van der Waals surface area contributed by atoms with Crippen LogP contribution in [0, 0.1) is 17.2 Å². The normalized spacial score (nSPS) is 14.1. The Kier molecular flexibility index (Phi) is 3.15. The molecule has 0 aromatic heterocycles. The van der Waals surface area contributed by atoms with E-state index in [4.69, 9.17) is 19.8 Å². The number of aliphatic carboxylic acids is 1.